The molecule has 36 heavy (non-hydrogen) atoms. The lowest BCUT2D eigenvalue weighted by molar-refractivity contribution is -0.428. The molecule has 1 unspecified atom stereocenters. The Bertz CT molecular complexity index is 1130. The third-order valence-electron chi connectivity index (χ3n) is 5.97. The van der Waals surface area contributed by atoms with Crippen LogP contribution in [0, 0.1) is 10.1 Å². The van der Waals surface area contributed by atoms with Crippen molar-refractivity contribution in [2.24, 2.45) is 0 Å². The van der Waals surface area contributed by atoms with Gasteiger partial charge in [-0.05, 0) is 33.8 Å². The van der Waals surface area contributed by atoms with Crippen molar-refractivity contribution in [3.63, 3.8) is 0 Å². The Morgan fingerprint density at radius 3 is 2.03 bits per heavy atom. The Kier molecular flexibility index (Phi) is 7.90. The average Bonchev–Trinajstić information content (AvgIpc) is 2.80. The maximum absolute atomic E-state index is 12.6. The predicted molar refractivity (Wildman–Crippen MR) is 112 cm³/mol. The fourth-order valence-electron chi connectivity index (χ4n) is 3.93. The SMILES string of the molecule is CC(=O)C(O)[C@H]1O[C@@H](OOc2ccc([N+](=O)[O-])cc2C=O)[C@@](O)(C(C)=O)[C@](O)(C(C)=O)[C@]1(O)C(C)=O. The highest BCUT2D eigenvalue weighted by Crippen LogP contribution is 2.48. The second-order valence-electron chi connectivity index (χ2n) is 8.13. The van der Waals surface area contributed by atoms with Gasteiger partial charge in [-0.2, -0.15) is 4.89 Å². The van der Waals surface area contributed by atoms with Gasteiger partial charge >= 0.3 is 0 Å². The maximum atomic E-state index is 12.6. The molecule has 1 fully saturated rings. The van der Waals surface area contributed by atoms with E-state index < -0.39 is 80.4 Å². The highest BCUT2D eigenvalue weighted by molar-refractivity contribution is 6.05. The van der Waals surface area contributed by atoms with Gasteiger partial charge in [0.2, 0.25) is 17.5 Å². The van der Waals surface area contributed by atoms with Crippen LogP contribution >= 0.6 is 0 Å². The molecule has 0 aliphatic carbocycles. The molecule has 0 bridgehead atoms. The van der Waals surface area contributed by atoms with Crippen LogP contribution in [0.3, 0.4) is 0 Å². The zero-order chi connectivity index (χ0) is 27.8. The standard InChI is InChI=1S/C21H23NO14/c1-9(24)16(28)17-19(29,10(2)25)21(31,12(4)27)20(30,11(3)26)18(34-17)36-35-15-6-5-14(22(32)33)7-13(15)8-23/h5-8,16-18,28-31H,1-4H3/t16?,17-,18+,19+,20+,21+/m1/s1. The van der Waals surface area contributed by atoms with Gasteiger partial charge in [-0.1, -0.05) is 0 Å². The molecular formula is C21H23NO14. The first-order valence-corrected chi connectivity index (χ1v) is 10.1. The Morgan fingerprint density at radius 2 is 1.61 bits per heavy atom. The summed E-state index contributed by atoms with van der Waals surface area (Å²) in [7, 11) is 0. The number of Topliss-reactive ketones (excluding diaryl/α,β-unsaturated/α-hetero) is 4. The molecule has 4 N–H and O–H groups in total. The average molecular weight is 513 g/mol. The number of rotatable bonds is 10. The quantitative estimate of drug-likeness (QED) is 0.119. The monoisotopic (exact) mass is 513 g/mol. The summed E-state index contributed by atoms with van der Waals surface area (Å²) >= 11 is 0. The number of ketones is 4. The number of nitro benzene ring substituents is 1. The van der Waals surface area contributed by atoms with Gasteiger partial charge in [-0.15, -0.1) is 0 Å². The summed E-state index contributed by atoms with van der Waals surface area (Å²) in [6.07, 6.45) is -7.35. The van der Waals surface area contributed by atoms with Crippen LogP contribution in [-0.4, -0.2) is 90.1 Å². The zero-order valence-corrected chi connectivity index (χ0v) is 19.4. The number of benzene rings is 1. The van der Waals surface area contributed by atoms with Crippen LogP contribution in [0.2, 0.25) is 0 Å². The van der Waals surface area contributed by atoms with Crippen LogP contribution < -0.4 is 4.89 Å². The van der Waals surface area contributed by atoms with E-state index in [-0.39, 0.29) is 6.29 Å². The second-order valence-corrected chi connectivity index (χ2v) is 8.13. The second kappa shape index (κ2) is 9.88. The van der Waals surface area contributed by atoms with Crippen molar-refractivity contribution < 1.29 is 63.8 Å². The van der Waals surface area contributed by atoms with Crippen molar-refractivity contribution in [3.05, 3.63) is 33.9 Å². The number of carbonyl (C=O) groups is 5. The van der Waals surface area contributed by atoms with Gasteiger partial charge in [-0.25, -0.2) is 0 Å². The molecule has 1 aliphatic heterocycles. The number of aliphatic hydroxyl groups excluding tert-OH is 1. The van der Waals surface area contributed by atoms with Gasteiger partial charge in [0.15, 0.2) is 40.8 Å². The minimum Gasteiger partial charge on any atom is -0.382 e. The van der Waals surface area contributed by atoms with E-state index in [0.717, 1.165) is 25.1 Å². The molecule has 0 saturated carbocycles. The summed E-state index contributed by atoms with van der Waals surface area (Å²) in [6.45, 7) is 2.69. The van der Waals surface area contributed by atoms with Crippen molar-refractivity contribution in [2.75, 3.05) is 0 Å². The van der Waals surface area contributed by atoms with Gasteiger partial charge in [0.1, 0.15) is 12.2 Å². The fourth-order valence-corrected chi connectivity index (χ4v) is 3.93. The molecule has 196 valence electrons. The van der Waals surface area contributed by atoms with Crippen molar-refractivity contribution in [3.8, 4) is 5.75 Å². The first-order valence-electron chi connectivity index (χ1n) is 10.1. The van der Waals surface area contributed by atoms with Crippen LogP contribution in [-0.2, 0) is 28.8 Å². The number of non-ortho nitro benzene ring substituents is 1. The van der Waals surface area contributed by atoms with Crippen LogP contribution in [0.1, 0.15) is 38.1 Å². The largest absolute Gasteiger partial charge is 0.382 e. The van der Waals surface area contributed by atoms with Crippen LogP contribution in [0.15, 0.2) is 18.2 Å². The Balaban J connectivity index is 2.70. The number of hydrogen-bond donors (Lipinski definition) is 4. The summed E-state index contributed by atoms with van der Waals surface area (Å²) < 4.78 is 5.20. The maximum Gasteiger partial charge on any atom is 0.270 e. The summed E-state index contributed by atoms with van der Waals surface area (Å²) in [5, 5.41) is 55.0. The summed E-state index contributed by atoms with van der Waals surface area (Å²) in [5.41, 5.74) is -11.9. The highest BCUT2D eigenvalue weighted by atomic mass is 17.2. The number of aliphatic hydroxyl groups is 4. The summed E-state index contributed by atoms with van der Waals surface area (Å²) in [4.78, 5) is 80.8. The number of nitrogens with zero attached hydrogens (tertiary/aromatic N) is 1. The van der Waals surface area contributed by atoms with Gasteiger partial charge in [0.05, 0.1) is 10.5 Å². The molecule has 0 radical (unpaired) electrons. The molecule has 1 aromatic carbocycles. The van der Waals surface area contributed by atoms with Gasteiger partial charge < -0.3 is 30.1 Å². The lowest BCUT2D eigenvalue weighted by Gasteiger charge is -2.57. The van der Waals surface area contributed by atoms with E-state index in [1.165, 1.54) is 0 Å². The van der Waals surface area contributed by atoms with E-state index >= 15 is 0 Å². The molecule has 15 nitrogen and oxygen atoms in total. The van der Waals surface area contributed by atoms with Crippen LogP contribution in [0.5, 0.6) is 5.75 Å². The Labute approximate surface area is 202 Å². The molecule has 15 heteroatoms. The molecule has 0 amide bonds. The molecule has 6 atom stereocenters. The number of hydrogen-bond acceptors (Lipinski definition) is 14. The van der Waals surface area contributed by atoms with E-state index in [2.05, 4.69) is 0 Å². The first-order chi connectivity index (χ1) is 16.5. The van der Waals surface area contributed by atoms with E-state index in [1.54, 1.807) is 0 Å². The van der Waals surface area contributed by atoms with Crippen molar-refractivity contribution >= 4 is 35.1 Å². The van der Waals surface area contributed by atoms with Gasteiger partial charge in [0, 0.05) is 12.1 Å². The molecule has 1 aliphatic rings. The predicted octanol–water partition coefficient (Wildman–Crippen LogP) is -1.65. The fraction of sp³-hybridized carbons (Fsp3) is 0.476. The lowest BCUT2D eigenvalue weighted by atomic mass is 9.60. The van der Waals surface area contributed by atoms with Crippen LogP contribution in [0.25, 0.3) is 0 Å². The molecule has 2 rings (SSSR count). The summed E-state index contributed by atoms with van der Waals surface area (Å²) in [5.74, 6) is -6.14. The number of nitro groups is 1. The van der Waals surface area contributed by atoms with Crippen molar-refractivity contribution in [2.45, 2.75) is 63.0 Å². The normalized spacial score (nSPS) is 30.7. The Hall–Kier alpha value is -3.47. The minimum atomic E-state index is -3.76. The number of aldehydes is 1. The molecule has 0 spiro atoms. The van der Waals surface area contributed by atoms with Crippen molar-refractivity contribution in [1.29, 1.82) is 0 Å². The first kappa shape index (κ1) is 28.8. The third kappa shape index (κ3) is 4.11. The van der Waals surface area contributed by atoms with Gasteiger partial charge in [0.25, 0.3) is 5.69 Å². The topological polar surface area (TPSA) is 237 Å². The molecule has 1 heterocycles. The smallest absolute Gasteiger partial charge is 0.270 e. The molecular weight excluding hydrogens is 490 g/mol. The van der Waals surface area contributed by atoms with Crippen molar-refractivity contribution in [1.82, 2.24) is 0 Å². The van der Waals surface area contributed by atoms with Crippen LogP contribution in [0.4, 0.5) is 5.69 Å². The Morgan fingerprint density at radius 1 is 1.06 bits per heavy atom. The number of ether oxygens (including phenoxy) is 1. The van der Waals surface area contributed by atoms with E-state index in [9.17, 15) is 54.5 Å². The van der Waals surface area contributed by atoms with E-state index in [4.69, 9.17) is 14.5 Å². The molecule has 1 aromatic rings. The van der Waals surface area contributed by atoms with E-state index in [0.29, 0.717) is 20.8 Å². The minimum absolute atomic E-state index is 0.132. The zero-order valence-electron chi connectivity index (χ0n) is 19.4. The third-order valence-corrected chi connectivity index (χ3v) is 5.97. The highest BCUT2D eigenvalue weighted by Gasteiger charge is 2.80. The molecule has 1 saturated heterocycles. The number of carbonyl (C=O) groups excluding carboxylic acids is 5. The summed E-state index contributed by atoms with van der Waals surface area (Å²) in [6, 6.07) is 2.57. The molecule has 0 aromatic heterocycles. The van der Waals surface area contributed by atoms with E-state index in [1.807, 2.05) is 0 Å². The van der Waals surface area contributed by atoms with Gasteiger partial charge in [-0.3, -0.25) is 34.1 Å². The lowest BCUT2D eigenvalue weighted by Crippen LogP contribution is -2.87.